The summed E-state index contributed by atoms with van der Waals surface area (Å²) in [5.41, 5.74) is 7.11. The smallest absolute Gasteiger partial charge is 0.0992 e. The predicted octanol–water partition coefficient (Wildman–Crippen LogP) is 2.85. The van der Waals surface area contributed by atoms with Crippen LogP contribution in [0.5, 0.6) is 0 Å². The zero-order valence-electron chi connectivity index (χ0n) is 10.2. The molecule has 0 aliphatic carbocycles. The van der Waals surface area contributed by atoms with Crippen molar-refractivity contribution in [1.82, 2.24) is 0 Å². The van der Waals surface area contributed by atoms with Crippen LogP contribution in [-0.2, 0) is 0 Å². The number of nitrogens with one attached hydrogen (secondary N) is 1. The van der Waals surface area contributed by atoms with Crippen LogP contribution < -0.4 is 11.1 Å². The van der Waals surface area contributed by atoms with Gasteiger partial charge in [0.15, 0.2) is 0 Å². The van der Waals surface area contributed by atoms with Crippen LogP contribution in [0, 0.1) is 23.2 Å². The lowest BCUT2D eigenvalue weighted by Gasteiger charge is -2.20. The van der Waals surface area contributed by atoms with Crippen molar-refractivity contribution < 1.29 is 0 Å². The van der Waals surface area contributed by atoms with E-state index in [-0.39, 0.29) is 0 Å². The summed E-state index contributed by atoms with van der Waals surface area (Å²) in [7, 11) is 0. The zero-order chi connectivity index (χ0) is 12.8. The van der Waals surface area contributed by atoms with E-state index in [0.29, 0.717) is 29.0 Å². The van der Waals surface area contributed by atoms with E-state index in [2.05, 4.69) is 25.2 Å². The molecule has 0 saturated carbocycles. The summed E-state index contributed by atoms with van der Waals surface area (Å²) < 4.78 is 0. The molecule has 1 atom stereocenters. The molecule has 3 N–H and O–H groups in total. The molecule has 1 aromatic rings. The molecule has 1 aromatic carbocycles. The molecule has 0 aromatic heterocycles. The number of rotatable bonds is 5. The van der Waals surface area contributed by atoms with Gasteiger partial charge >= 0.3 is 0 Å². The van der Waals surface area contributed by atoms with E-state index < -0.39 is 0 Å². The number of benzene rings is 1. The maximum Gasteiger partial charge on any atom is 0.0992 e. The molecule has 1 rings (SSSR count). The summed E-state index contributed by atoms with van der Waals surface area (Å²) in [4.78, 5) is 0. The summed E-state index contributed by atoms with van der Waals surface area (Å²) in [6, 6.07) is 7.29. The maximum atomic E-state index is 8.82. The minimum atomic E-state index is 0.400. The third kappa shape index (κ3) is 3.92. The van der Waals surface area contributed by atoms with Crippen molar-refractivity contribution in [2.24, 2.45) is 17.6 Å². The summed E-state index contributed by atoms with van der Waals surface area (Å²) >= 11 is 6.06. The maximum absolute atomic E-state index is 8.82. The SMILES string of the molecule is CC(C)C(CN)CNc1cc(C#N)ccc1Cl. The van der Waals surface area contributed by atoms with Crippen molar-refractivity contribution in [2.45, 2.75) is 13.8 Å². The number of hydrogen-bond acceptors (Lipinski definition) is 3. The van der Waals surface area contributed by atoms with Crippen LogP contribution in [-0.4, -0.2) is 13.1 Å². The van der Waals surface area contributed by atoms with E-state index in [9.17, 15) is 0 Å². The average molecular weight is 252 g/mol. The molecule has 0 fully saturated rings. The van der Waals surface area contributed by atoms with Crippen molar-refractivity contribution in [2.75, 3.05) is 18.4 Å². The number of hydrogen-bond donors (Lipinski definition) is 2. The van der Waals surface area contributed by atoms with Crippen LogP contribution in [0.15, 0.2) is 18.2 Å². The van der Waals surface area contributed by atoms with Gasteiger partial charge in [-0.3, -0.25) is 0 Å². The second-order valence-electron chi connectivity index (χ2n) is 4.43. The van der Waals surface area contributed by atoms with Crippen LogP contribution in [0.2, 0.25) is 5.02 Å². The first-order chi connectivity index (χ1) is 8.08. The van der Waals surface area contributed by atoms with Gasteiger partial charge < -0.3 is 11.1 Å². The molecule has 0 heterocycles. The highest BCUT2D eigenvalue weighted by molar-refractivity contribution is 6.33. The predicted molar refractivity (Wildman–Crippen MR) is 72.0 cm³/mol. The van der Waals surface area contributed by atoms with Gasteiger partial charge in [-0.05, 0) is 36.6 Å². The monoisotopic (exact) mass is 251 g/mol. The van der Waals surface area contributed by atoms with Gasteiger partial charge in [0, 0.05) is 6.54 Å². The van der Waals surface area contributed by atoms with E-state index in [4.69, 9.17) is 22.6 Å². The summed E-state index contributed by atoms with van der Waals surface area (Å²) in [6.45, 7) is 5.70. The van der Waals surface area contributed by atoms with Crippen molar-refractivity contribution in [3.63, 3.8) is 0 Å². The Hall–Kier alpha value is -1.24. The fraction of sp³-hybridized carbons (Fsp3) is 0.462. The Kier molecular flexibility index (Phi) is 5.27. The molecule has 0 aliphatic heterocycles. The van der Waals surface area contributed by atoms with Gasteiger partial charge in [0.25, 0.3) is 0 Å². The molecule has 92 valence electrons. The molecule has 4 heteroatoms. The lowest BCUT2D eigenvalue weighted by molar-refractivity contribution is 0.413. The van der Waals surface area contributed by atoms with E-state index in [0.717, 1.165) is 12.2 Å². The Morgan fingerprint density at radius 3 is 2.71 bits per heavy atom. The molecule has 0 radical (unpaired) electrons. The largest absolute Gasteiger partial charge is 0.383 e. The topological polar surface area (TPSA) is 61.8 Å². The molecule has 0 aliphatic rings. The van der Waals surface area contributed by atoms with Crippen molar-refractivity contribution in [1.29, 1.82) is 5.26 Å². The van der Waals surface area contributed by atoms with Gasteiger partial charge in [-0.25, -0.2) is 0 Å². The highest BCUT2D eigenvalue weighted by Crippen LogP contribution is 2.23. The number of nitrogens with zero attached hydrogens (tertiary/aromatic N) is 1. The van der Waals surface area contributed by atoms with E-state index in [1.54, 1.807) is 18.2 Å². The first-order valence-corrected chi connectivity index (χ1v) is 6.09. The molecule has 0 amide bonds. The first kappa shape index (κ1) is 13.8. The number of anilines is 1. The molecule has 17 heavy (non-hydrogen) atoms. The molecule has 0 spiro atoms. The Bertz CT molecular complexity index is 410. The van der Waals surface area contributed by atoms with Crippen LogP contribution >= 0.6 is 11.6 Å². The van der Waals surface area contributed by atoms with Crippen LogP contribution in [0.4, 0.5) is 5.69 Å². The van der Waals surface area contributed by atoms with Gasteiger partial charge in [-0.1, -0.05) is 25.4 Å². The average Bonchev–Trinajstić information content (AvgIpc) is 2.31. The van der Waals surface area contributed by atoms with Crippen LogP contribution in [0.3, 0.4) is 0 Å². The Morgan fingerprint density at radius 2 is 2.18 bits per heavy atom. The Morgan fingerprint density at radius 1 is 1.47 bits per heavy atom. The highest BCUT2D eigenvalue weighted by Gasteiger charge is 2.11. The van der Waals surface area contributed by atoms with Crippen molar-refractivity contribution in [3.8, 4) is 6.07 Å². The first-order valence-electron chi connectivity index (χ1n) is 5.72. The third-order valence-electron chi connectivity index (χ3n) is 2.90. The zero-order valence-corrected chi connectivity index (χ0v) is 11.0. The van der Waals surface area contributed by atoms with Gasteiger partial charge in [0.2, 0.25) is 0 Å². The van der Waals surface area contributed by atoms with E-state index >= 15 is 0 Å². The normalized spacial score (nSPS) is 12.2. The van der Waals surface area contributed by atoms with Crippen LogP contribution in [0.25, 0.3) is 0 Å². The number of halogens is 1. The summed E-state index contributed by atoms with van der Waals surface area (Å²) in [5.74, 6) is 0.919. The van der Waals surface area contributed by atoms with E-state index in [1.807, 2.05) is 0 Å². The summed E-state index contributed by atoms with van der Waals surface area (Å²) in [6.07, 6.45) is 0. The number of nitriles is 1. The second kappa shape index (κ2) is 6.48. The minimum Gasteiger partial charge on any atom is -0.383 e. The quantitative estimate of drug-likeness (QED) is 0.846. The molecule has 0 saturated heterocycles. The second-order valence-corrected chi connectivity index (χ2v) is 4.83. The standard InChI is InChI=1S/C13H18ClN3/c1-9(2)11(7-16)8-17-13-5-10(6-15)3-4-12(13)14/h3-5,9,11,17H,7-8,16H2,1-2H3. The molecular weight excluding hydrogens is 234 g/mol. The van der Waals surface area contributed by atoms with Crippen molar-refractivity contribution in [3.05, 3.63) is 28.8 Å². The highest BCUT2D eigenvalue weighted by atomic mass is 35.5. The molecule has 3 nitrogen and oxygen atoms in total. The third-order valence-corrected chi connectivity index (χ3v) is 3.23. The molecule has 1 unspecified atom stereocenters. The van der Waals surface area contributed by atoms with Gasteiger partial charge in [0.1, 0.15) is 0 Å². The van der Waals surface area contributed by atoms with E-state index in [1.165, 1.54) is 0 Å². The fourth-order valence-electron chi connectivity index (χ4n) is 1.56. The van der Waals surface area contributed by atoms with Crippen molar-refractivity contribution >= 4 is 17.3 Å². The van der Waals surface area contributed by atoms with Gasteiger partial charge in [-0.2, -0.15) is 5.26 Å². The molecular formula is C13H18ClN3. The lowest BCUT2D eigenvalue weighted by Crippen LogP contribution is -2.27. The van der Waals surface area contributed by atoms with Gasteiger partial charge in [-0.15, -0.1) is 0 Å². The minimum absolute atomic E-state index is 0.400. The molecule has 0 bridgehead atoms. The Labute approximate surface area is 108 Å². The summed E-state index contributed by atoms with van der Waals surface area (Å²) in [5, 5.41) is 12.7. The van der Waals surface area contributed by atoms with Gasteiger partial charge in [0.05, 0.1) is 22.3 Å². The fourth-order valence-corrected chi connectivity index (χ4v) is 1.75. The lowest BCUT2D eigenvalue weighted by atomic mass is 9.96. The van der Waals surface area contributed by atoms with Crippen LogP contribution in [0.1, 0.15) is 19.4 Å². The number of nitrogens with two attached hydrogens (primary N) is 1. The Balaban J connectivity index is 2.71.